The Balaban J connectivity index is 0.0000245. The smallest absolute Gasteiger partial charge is 0.0634 e. The van der Waals surface area contributed by atoms with Gasteiger partial charge in [-0.15, -0.1) is 0 Å². The maximum atomic E-state index is 5.44. The molecule has 0 unspecified atom stereocenters. The van der Waals surface area contributed by atoms with E-state index in [0.29, 0.717) is 0 Å². The molecule has 0 amide bonds. The molecule has 0 aliphatic carbocycles. The fraction of sp³-hybridized carbons (Fsp3) is 0.731. The van der Waals surface area contributed by atoms with Crippen molar-refractivity contribution < 1.29 is 16.5 Å². The summed E-state index contributed by atoms with van der Waals surface area (Å²) in [7, 11) is 0. The molecule has 0 N–H and O–H groups in total. The van der Waals surface area contributed by atoms with Crippen molar-refractivity contribution in [1.29, 1.82) is 0 Å². The van der Waals surface area contributed by atoms with E-state index in [0.717, 1.165) is 24.2 Å². The number of benzene rings is 2. The average molecular weight is 1010 g/mol. The van der Waals surface area contributed by atoms with Gasteiger partial charge in [-0.1, -0.05) is 314 Å². The Kier molecular flexibility index (Phi) is 48.5. The Morgan fingerprint density at radius 3 is 0.743 bits per heavy atom. The molecule has 0 heterocycles. The molecule has 2 rings (SSSR count). The Morgan fingerprint density at radius 2 is 0.500 bits per heavy atom. The van der Waals surface area contributed by atoms with Crippen molar-refractivity contribution in [3.8, 4) is 0 Å². The van der Waals surface area contributed by atoms with Crippen molar-refractivity contribution in [1.82, 2.24) is 0 Å². The summed E-state index contributed by atoms with van der Waals surface area (Å²) in [5, 5.41) is 0. The van der Waals surface area contributed by atoms with E-state index in [1.54, 1.807) is 0 Å². The molecule has 2 nitrogen and oxygen atoms in total. The molecule has 0 aliphatic rings. The first kappa shape index (κ1) is 65.8. The van der Waals surface area contributed by atoms with Crippen LogP contribution in [-0.2, 0) is 16.5 Å². The zero-order valence-corrected chi connectivity index (χ0v) is 47.9. The van der Waals surface area contributed by atoms with Crippen molar-refractivity contribution in [2.24, 2.45) is 9.98 Å². The van der Waals surface area contributed by atoms with Gasteiger partial charge in [0.15, 0.2) is 0 Å². The van der Waals surface area contributed by atoms with E-state index in [1.807, 2.05) is 0 Å². The Bertz CT molecular complexity index is 1500. The quantitative estimate of drug-likeness (QED) is 0.0358. The van der Waals surface area contributed by atoms with E-state index < -0.39 is 0 Å². The van der Waals surface area contributed by atoms with Crippen molar-refractivity contribution in [3.63, 3.8) is 0 Å². The normalized spacial score (nSPS) is 12.2. The topological polar surface area (TPSA) is 24.7 Å². The predicted molar refractivity (Wildman–Crippen MR) is 316 cm³/mol. The summed E-state index contributed by atoms with van der Waals surface area (Å²) in [5.74, 6) is 0. The molecule has 0 saturated heterocycles. The molecule has 0 radical (unpaired) electrons. The third-order valence-corrected chi connectivity index (χ3v) is 14.5. The second-order valence-electron chi connectivity index (χ2n) is 21.3. The Morgan fingerprint density at radius 1 is 0.286 bits per heavy atom. The minimum absolute atomic E-state index is 0. The molecule has 3 heteroatoms. The molecule has 402 valence electrons. The Hall–Kier alpha value is -2.25. The largest absolute Gasteiger partial charge is 0.252 e. The van der Waals surface area contributed by atoms with E-state index >= 15 is 0 Å². The number of allylic oxidation sites excluding steroid dienone is 2. The van der Waals surface area contributed by atoms with Crippen LogP contribution in [0.1, 0.15) is 328 Å². The van der Waals surface area contributed by atoms with Crippen LogP contribution in [0.2, 0.25) is 0 Å². The SMILES string of the molecule is CCCCCCCCCCCCCCCC=Cc1ccc(N=C(CCCCCCCC)C(CCCCCCCCCCC)=Nc2ccc(C=CCCCCCCCCCCCCCCC)cc2)cc1.[Ni]. The number of aliphatic imine (C=N–C) groups is 2. The number of rotatable bonds is 50. The molecule has 0 fully saturated rings. The van der Waals surface area contributed by atoms with Crippen LogP contribution in [0.25, 0.3) is 12.2 Å². The predicted octanol–water partition coefficient (Wildman–Crippen LogP) is 24.2. The van der Waals surface area contributed by atoms with E-state index in [2.05, 4.69) is 101 Å². The van der Waals surface area contributed by atoms with Crippen LogP contribution in [0.15, 0.2) is 70.7 Å². The second-order valence-corrected chi connectivity index (χ2v) is 21.3. The standard InChI is InChI=1S/C67H114N2.Ni/c1-5-9-13-17-21-24-26-28-30-32-34-37-39-42-46-50-62-54-58-64(59-55-62)68-66(52-48-44-20-16-12-8-4)67(53-49-45-41-36-23-19-15-11-7-3)69-65-60-56-63(57-61-65)51-47-43-40-38-35-33-31-29-27-25-22-18-14-10-6-2;/h46-47,50-51,54-61H,5-45,48-49,52-53H2,1-4H3;. The fourth-order valence-electron chi connectivity index (χ4n) is 9.84. The second kappa shape index (κ2) is 51.6. The van der Waals surface area contributed by atoms with Crippen LogP contribution in [0.3, 0.4) is 0 Å². The summed E-state index contributed by atoms with van der Waals surface area (Å²) in [5.41, 5.74) is 7.10. The molecular weight excluding hydrogens is 891 g/mol. The van der Waals surface area contributed by atoms with E-state index in [4.69, 9.17) is 9.98 Å². The van der Waals surface area contributed by atoms with Gasteiger partial charge in [0.05, 0.1) is 22.8 Å². The van der Waals surface area contributed by atoms with Gasteiger partial charge in [0, 0.05) is 16.5 Å². The average Bonchev–Trinajstić information content (AvgIpc) is 3.37. The van der Waals surface area contributed by atoms with E-state index in [9.17, 15) is 0 Å². The van der Waals surface area contributed by atoms with Gasteiger partial charge in [-0.25, -0.2) is 0 Å². The van der Waals surface area contributed by atoms with Crippen LogP contribution < -0.4 is 0 Å². The molecule has 0 bridgehead atoms. The first-order valence-electron chi connectivity index (χ1n) is 30.9. The fourth-order valence-corrected chi connectivity index (χ4v) is 9.84. The zero-order chi connectivity index (χ0) is 49.2. The van der Waals surface area contributed by atoms with E-state index in [-0.39, 0.29) is 16.5 Å². The molecule has 2 aromatic rings. The molecule has 0 spiro atoms. The Labute approximate surface area is 447 Å². The number of hydrogen-bond donors (Lipinski definition) is 0. The van der Waals surface area contributed by atoms with Gasteiger partial charge in [-0.3, -0.25) is 9.98 Å². The van der Waals surface area contributed by atoms with Gasteiger partial charge in [-0.2, -0.15) is 0 Å². The summed E-state index contributed by atoms with van der Waals surface area (Å²) < 4.78 is 0. The van der Waals surface area contributed by atoms with Gasteiger partial charge in [-0.05, 0) is 86.8 Å². The molecule has 0 aromatic heterocycles. The molecule has 70 heavy (non-hydrogen) atoms. The molecular formula is C67H114N2Ni. The van der Waals surface area contributed by atoms with Gasteiger partial charge in [0.25, 0.3) is 0 Å². The summed E-state index contributed by atoms with van der Waals surface area (Å²) in [6.45, 7) is 9.23. The van der Waals surface area contributed by atoms with Gasteiger partial charge >= 0.3 is 0 Å². The first-order chi connectivity index (χ1) is 34.2. The number of hydrogen-bond acceptors (Lipinski definition) is 2. The summed E-state index contributed by atoms with van der Waals surface area (Å²) >= 11 is 0. The van der Waals surface area contributed by atoms with Gasteiger partial charge < -0.3 is 0 Å². The molecule has 2 aromatic carbocycles. The van der Waals surface area contributed by atoms with Crippen LogP contribution in [-0.4, -0.2) is 11.4 Å². The van der Waals surface area contributed by atoms with Crippen molar-refractivity contribution in [2.75, 3.05) is 0 Å². The minimum Gasteiger partial charge on any atom is -0.252 e. The van der Waals surface area contributed by atoms with Crippen LogP contribution in [0, 0.1) is 0 Å². The molecule has 0 atom stereocenters. The van der Waals surface area contributed by atoms with Crippen molar-refractivity contribution in [2.45, 2.75) is 317 Å². The molecule has 0 saturated carbocycles. The summed E-state index contributed by atoms with van der Waals surface area (Å²) in [6, 6.07) is 18.0. The van der Waals surface area contributed by atoms with Crippen molar-refractivity contribution >= 4 is 35.0 Å². The number of nitrogens with zero attached hydrogens (tertiary/aromatic N) is 2. The monoisotopic (exact) mass is 1000 g/mol. The number of unbranched alkanes of at least 4 members (excludes halogenated alkanes) is 39. The zero-order valence-electron chi connectivity index (χ0n) is 47.0. The van der Waals surface area contributed by atoms with Crippen molar-refractivity contribution in [3.05, 3.63) is 71.8 Å². The first-order valence-corrected chi connectivity index (χ1v) is 30.9. The summed E-state index contributed by atoms with van der Waals surface area (Å²) in [6.07, 6.45) is 70.3. The van der Waals surface area contributed by atoms with Gasteiger partial charge in [0.1, 0.15) is 0 Å². The van der Waals surface area contributed by atoms with Crippen LogP contribution in [0.5, 0.6) is 0 Å². The minimum atomic E-state index is 0. The van der Waals surface area contributed by atoms with E-state index in [1.165, 1.54) is 299 Å². The van der Waals surface area contributed by atoms with Crippen LogP contribution in [0.4, 0.5) is 11.4 Å². The maximum Gasteiger partial charge on any atom is 0.0634 e. The van der Waals surface area contributed by atoms with Gasteiger partial charge in [0.2, 0.25) is 0 Å². The maximum absolute atomic E-state index is 5.44. The summed E-state index contributed by atoms with van der Waals surface area (Å²) in [4.78, 5) is 10.9. The van der Waals surface area contributed by atoms with Crippen LogP contribution >= 0.6 is 0 Å². The third-order valence-electron chi connectivity index (χ3n) is 14.5. The third kappa shape index (κ3) is 40.3. The molecule has 0 aliphatic heterocycles.